The normalized spacial score (nSPS) is 32.0. The average molecular weight is 814 g/mol. The van der Waals surface area contributed by atoms with Crippen molar-refractivity contribution >= 4 is 39.4 Å². The van der Waals surface area contributed by atoms with Crippen molar-refractivity contribution in [2.75, 3.05) is 18.8 Å². The van der Waals surface area contributed by atoms with Crippen molar-refractivity contribution in [2.45, 2.75) is 173 Å². The number of likely N-dealkylation sites (tertiary alicyclic amines) is 1. The third kappa shape index (κ3) is 8.30. The van der Waals surface area contributed by atoms with Crippen molar-refractivity contribution in [1.29, 1.82) is 0 Å². The Bertz CT molecular complexity index is 1680. The predicted molar refractivity (Wildman–Crippen MR) is 221 cm³/mol. The number of hydrogen-bond acceptors (Lipinski definition) is 7. The van der Waals surface area contributed by atoms with Gasteiger partial charge in [0.2, 0.25) is 17.6 Å². The number of fused-ring (bicyclic) bond motifs is 3. The maximum atomic E-state index is 14.9. The minimum absolute atomic E-state index is 0.0235. The van der Waals surface area contributed by atoms with Crippen LogP contribution in [0.1, 0.15) is 144 Å². The van der Waals surface area contributed by atoms with Crippen molar-refractivity contribution in [3.8, 4) is 0 Å². The Morgan fingerprint density at radius 2 is 1.54 bits per heavy atom. The molecule has 7 aliphatic rings. The highest BCUT2D eigenvalue weighted by atomic mass is 32.2. The largest absolute Gasteiger partial charge is 0.346 e. The van der Waals surface area contributed by atoms with E-state index in [1.807, 2.05) is 13.8 Å². The van der Waals surface area contributed by atoms with Gasteiger partial charge in [0.1, 0.15) is 12.1 Å². The lowest BCUT2D eigenvalue weighted by atomic mass is 9.45. The number of nitrogens with one attached hydrogen (secondary N) is 4. The second kappa shape index (κ2) is 16.6. The molecule has 7 fully saturated rings. The smallest absolute Gasteiger partial charge is 0.315 e. The molecule has 8 atom stereocenters. The van der Waals surface area contributed by atoms with Crippen LogP contribution < -0.4 is 21.3 Å². The van der Waals surface area contributed by atoms with Crippen LogP contribution in [0.4, 0.5) is 4.79 Å². The van der Waals surface area contributed by atoms with E-state index in [1.165, 1.54) is 6.08 Å². The second-order valence-electron chi connectivity index (χ2n) is 20.2. The van der Waals surface area contributed by atoms with E-state index in [1.54, 1.807) is 4.90 Å². The maximum absolute atomic E-state index is 14.9. The highest BCUT2D eigenvalue weighted by Gasteiger charge is 2.70. The standard InChI is InChI=1S/C44H71N5O7S/c1-8-10-19-31(36(50)38(52)45-24-9-2)46-37(51)35-33-30(42(33,5)6)26-49(35)39(53)34(28-17-13-11-14-18-28)47-40(54)48-44(21-15-12-16-22-44)27-57(55,56)43(7)23-20-29-25-32(43)41(29,3)4/h9,28-35H,2,8,10-27H2,1,3-7H3,(H,45,52)(H,46,51)(H2,47,48,54)/t29?,30-,31?,32?,33-,34-,35-,43?/m0/s1. The van der Waals surface area contributed by atoms with Gasteiger partial charge in [0.15, 0.2) is 9.84 Å². The number of carbonyl (C=O) groups is 5. The lowest BCUT2D eigenvalue weighted by molar-refractivity contribution is -0.144. The van der Waals surface area contributed by atoms with Gasteiger partial charge in [-0.15, -0.1) is 6.58 Å². The summed E-state index contributed by atoms with van der Waals surface area (Å²) >= 11 is 0. The van der Waals surface area contributed by atoms with Gasteiger partial charge >= 0.3 is 6.03 Å². The molecule has 320 valence electrons. The summed E-state index contributed by atoms with van der Waals surface area (Å²) in [6.45, 7) is 16.6. The Balaban J connectivity index is 1.22. The van der Waals surface area contributed by atoms with Crippen LogP contribution in [0.3, 0.4) is 0 Å². The number of piperidine rings is 1. The van der Waals surface area contributed by atoms with E-state index in [4.69, 9.17) is 0 Å². The van der Waals surface area contributed by atoms with Gasteiger partial charge in [-0.25, -0.2) is 13.2 Å². The van der Waals surface area contributed by atoms with Crippen molar-refractivity contribution in [2.24, 2.45) is 40.4 Å². The summed E-state index contributed by atoms with van der Waals surface area (Å²) in [6, 6.07) is -3.32. The lowest BCUT2D eigenvalue weighted by Gasteiger charge is -2.64. The number of carbonyl (C=O) groups excluding carboxylic acids is 5. The molecule has 1 heterocycles. The van der Waals surface area contributed by atoms with Crippen molar-refractivity contribution < 1.29 is 32.4 Å². The van der Waals surface area contributed by atoms with Crippen molar-refractivity contribution in [3.05, 3.63) is 12.7 Å². The molecule has 7 rings (SSSR count). The van der Waals surface area contributed by atoms with Gasteiger partial charge in [-0.2, -0.15) is 0 Å². The van der Waals surface area contributed by atoms with Crippen LogP contribution >= 0.6 is 0 Å². The first kappa shape index (κ1) is 43.6. The SMILES string of the molecule is C=CCNC(=O)C(=O)C(CCCC)NC(=O)[C@@H]1[C@@H]2[C@H](CN1C(=O)[C@@H](NC(=O)NC1(CS(=O)(=O)C3(C)CCC4CC3C4(C)C)CCCCC1)C1CCCCC1)C2(C)C. The summed E-state index contributed by atoms with van der Waals surface area (Å²) in [7, 11) is -3.62. The molecule has 13 heteroatoms. The quantitative estimate of drug-likeness (QED) is 0.116. The zero-order valence-electron chi connectivity index (χ0n) is 35.6. The third-order valence-electron chi connectivity index (χ3n) is 16.1. The molecule has 12 nitrogen and oxygen atoms in total. The number of sulfone groups is 1. The molecule has 0 aromatic heterocycles. The summed E-state index contributed by atoms with van der Waals surface area (Å²) in [4.78, 5) is 71.1. The van der Waals surface area contributed by atoms with Gasteiger partial charge in [0.25, 0.3) is 5.91 Å². The van der Waals surface area contributed by atoms with Crippen LogP contribution in [0.15, 0.2) is 12.7 Å². The number of hydrogen-bond donors (Lipinski definition) is 4. The van der Waals surface area contributed by atoms with Gasteiger partial charge in [0.05, 0.1) is 22.1 Å². The van der Waals surface area contributed by atoms with Gasteiger partial charge in [0, 0.05) is 13.1 Å². The molecule has 1 aliphatic heterocycles. The first-order valence-corrected chi connectivity index (χ1v) is 23.8. The molecule has 1 saturated heterocycles. The maximum Gasteiger partial charge on any atom is 0.315 e. The summed E-state index contributed by atoms with van der Waals surface area (Å²) in [5, 5.41) is 11.7. The molecule has 4 N–H and O–H groups in total. The summed E-state index contributed by atoms with van der Waals surface area (Å²) in [6.07, 6.45) is 13.8. The van der Waals surface area contributed by atoms with Crippen LogP contribution in [0.5, 0.6) is 0 Å². The fraction of sp³-hybridized carbons (Fsp3) is 0.841. The molecule has 5 amide bonds. The van der Waals surface area contributed by atoms with Crippen LogP contribution in [0.2, 0.25) is 0 Å². The molecule has 0 spiro atoms. The van der Waals surface area contributed by atoms with Gasteiger partial charge < -0.3 is 26.2 Å². The highest BCUT2D eigenvalue weighted by Crippen LogP contribution is 2.66. The lowest BCUT2D eigenvalue weighted by Crippen LogP contribution is -2.66. The van der Waals surface area contributed by atoms with Crippen LogP contribution in [0.25, 0.3) is 0 Å². The Morgan fingerprint density at radius 3 is 2.16 bits per heavy atom. The fourth-order valence-electron chi connectivity index (χ4n) is 12.2. The van der Waals surface area contributed by atoms with E-state index in [9.17, 15) is 32.4 Å². The summed E-state index contributed by atoms with van der Waals surface area (Å²) < 4.78 is 28.3. The number of rotatable bonds is 16. The molecule has 0 aromatic rings. The first-order valence-electron chi connectivity index (χ1n) is 22.2. The minimum atomic E-state index is -3.62. The molecule has 57 heavy (non-hydrogen) atoms. The van der Waals surface area contributed by atoms with E-state index in [0.29, 0.717) is 44.6 Å². The molecular weight excluding hydrogens is 743 g/mol. The monoisotopic (exact) mass is 814 g/mol. The second-order valence-corrected chi connectivity index (χ2v) is 22.6. The van der Waals surface area contributed by atoms with Gasteiger partial charge in [-0.3, -0.25) is 19.2 Å². The Hall–Kier alpha value is -2.96. The molecule has 6 aliphatic carbocycles. The Morgan fingerprint density at radius 1 is 0.877 bits per heavy atom. The highest BCUT2D eigenvalue weighted by molar-refractivity contribution is 7.92. The Labute approximate surface area is 341 Å². The number of ketones is 1. The molecule has 2 bridgehead atoms. The number of urea groups is 1. The molecule has 4 unspecified atom stereocenters. The molecule has 0 aromatic carbocycles. The first-order chi connectivity index (χ1) is 26.8. The topological polar surface area (TPSA) is 171 Å². The molecule has 0 radical (unpaired) electrons. The van der Waals surface area contributed by atoms with E-state index in [0.717, 1.165) is 70.6 Å². The van der Waals surface area contributed by atoms with Crippen LogP contribution in [0, 0.1) is 40.4 Å². The fourth-order valence-corrected chi connectivity index (χ4v) is 14.9. The van der Waals surface area contributed by atoms with Crippen molar-refractivity contribution in [3.63, 3.8) is 0 Å². The van der Waals surface area contributed by atoms with E-state index in [2.05, 4.69) is 55.5 Å². The van der Waals surface area contributed by atoms with Crippen LogP contribution in [-0.2, 0) is 29.0 Å². The van der Waals surface area contributed by atoms with Crippen LogP contribution in [-0.4, -0.2) is 90.1 Å². The number of unbranched alkanes of at least 4 members (excludes halogenated alkanes) is 1. The van der Waals surface area contributed by atoms with Gasteiger partial charge in [-0.1, -0.05) is 92.1 Å². The number of nitrogens with zero attached hydrogens (tertiary/aromatic N) is 1. The summed E-state index contributed by atoms with van der Waals surface area (Å²) in [5.74, 6) is -1.94. The Kier molecular flexibility index (Phi) is 12.7. The third-order valence-corrected chi connectivity index (χ3v) is 18.9. The van der Waals surface area contributed by atoms with E-state index in [-0.39, 0.29) is 52.7 Å². The zero-order valence-corrected chi connectivity index (χ0v) is 36.4. The minimum Gasteiger partial charge on any atom is -0.346 e. The molecular formula is C44H71N5O7S. The predicted octanol–water partition coefficient (Wildman–Crippen LogP) is 5.60. The van der Waals surface area contributed by atoms with E-state index >= 15 is 0 Å². The molecule has 6 saturated carbocycles. The zero-order chi connectivity index (χ0) is 41.6. The van der Waals surface area contributed by atoms with Crippen molar-refractivity contribution in [1.82, 2.24) is 26.2 Å². The van der Waals surface area contributed by atoms with E-state index < -0.39 is 61.9 Å². The summed E-state index contributed by atoms with van der Waals surface area (Å²) in [5.41, 5.74) is -1.16. The number of Topliss-reactive ketones (excluding diaryl/α,β-unsaturated/α-hetero) is 1. The number of amides is 5. The van der Waals surface area contributed by atoms with Gasteiger partial charge in [-0.05, 0) is 98.7 Å². The average Bonchev–Trinajstić information content (AvgIpc) is 3.46.